The molecule has 0 radical (unpaired) electrons. The van der Waals surface area contributed by atoms with Crippen LogP contribution in [0.4, 0.5) is 5.69 Å². The zero-order chi connectivity index (χ0) is 21.8. The minimum atomic E-state index is -0.0753. The van der Waals surface area contributed by atoms with Crippen molar-refractivity contribution >= 4 is 22.5 Å². The summed E-state index contributed by atoms with van der Waals surface area (Å²) >= 11 is 0. The van der Waals surface area contributed by atoms with E-state index >= 15 is 0 Å². The van der Waals surface area contributed by atoms with Gasteiger partial charge in [-0.05, 0) is 56.5 Å². The molecule has 1 aliphatic carbocycles. The summed E-state index contributed by atoms with van der Waals surface area (Å²) in [5.41, 5.74) is 3.64. The van der Waals surface area contributed by atoms with Crippen molar-refractivity contribution in [1.82, 2.24) is 25.4 Å². The standard InChI is InChI=1S/C25H30N6O/c1-29-18-7-5-8-19(29)13-17(12-18)26-25(32)24-21-14-20(10-11-22(21)27-28-24)31-15-16-6-3-4-9-23(16)30(31)2/h3-4,6,9-11,14-15,17-19,23H,5,7-8,12-13H2,1-2H3,(H,26,32)(H,27,28). The number of hydrogen-bond acceptors (Lipinski definition) is 5. The number of H-pyrrole nitrogens is 1. The van der Waals surface area contributed by atoms with Crippen LogP contribution in [0.15, 0.2) is 54.3 Å². The quantitative estimate of drug-likeness (QED) is 0.782. The maximum atomic E-state index is 13.2. The number of hydrazine groups is 1. The van der Waals surface area contributed by atoms with Crippen molar-refractivity contribution in [3.05, 3.63) is 60.0 Å². The van der Waals surface area contributed by atoms with Crippen molar-refractivity contribution in [2.45, 2.75) is 56.3 Å². The van der Waals surface area contributed by atoms with Crippen LogP contribution in [0.3, 0.4) is 0 Å². The van der Waals surface area contributed by atoms with Crippen LogP contribution in [-0.2, 0) is 0 Å². The molecule has 3 atom stereocenters. The second-order valence-corrected chi connectivity index (χ2v) is 9.58. The first-order valence-corrected chi connectivity index (χ1v) is 11.7. The molecule has 1 aromatic carbocycles. The summed E-state index contributed by atoms with van der Waals surface area (Å²) in [7, 11) is 4.32. The highest BCUT2D eigenvalue weighted by molar-refractivity contribution is 6.05. The van der Waals surface area contributed by atoms with Crippen LogP contribution < -0.4 is 10.3 Å². The summed E-state index contributed by atoms with van der Waals surface area (Å²) in [6, 6.07) is 7.77. The van der Waals surface area contributed by atoms with E-state index in [2.05, 4.69) is 87.2 Å². The van der Waals surface area contributed by atoms with Gasteiger partial charge < -0.3 is 10.2 Å². The van der Waals surface area contributed by atoms with Crippen molar-refractivity contribution in [1.29, 1.82) is 0 Å². The second kappa shape index (κ2) is 7.60. The van der Waals surface area contributed by atoms with Gasteiger partial charge in [0.15, 0.2) is 5.69 Å². The van der Waals surface area contributed by atoms with Gasteiger partial charge in [0.1, 0.15) is 0 Å². The maximum Gasteiger partial charge on any atom is 0.272 e. The van der Waals surface area contributed by atoms with Gasteiger partial charge in [0.05, 0.1) is 17.2 Å². The summed E-state index contributed by atoms with van der Waals surface area (Å²) in [6.07, 6.45) is 16.5. The Labute approximate surface area is 188 Å². The average molecular weight is 431 g/mol. The number of aromatic amines is 1. The molecular weight excluding hydrogens is 400 g/mol. The number of amides is 1. The largest absolute Gasteiger partial charge is 0.348 e. The first kappa shape index (κ1) is 19.8. The molecule has 6 rings (SSSR count). The number of carbonyl (C=O) groups excluding carboxylic acids is 1. The summed E-state index contributed by atoms with van der Waals surface area (Å²) in [4.78, 5) is 15.7. The fraction of sp³-hybridized carbons (Fsp3) is 0.440. The Morgan fingerprint density at radius 1 is 1.16 bits per heavy atom. The number of allylic oxidation sites excluding steroid dienone is 2. The molecule has 1 amide bonds. The smallest absolute Gasteiger partial charge is 0.272 e. The molecule has 166 valence electrons. The highest BCUT2D eigenvalue weighted by Crippen LogP contribution is 2.34. The highest BCUT2D eigenvalue weighted by atomic mass is 16.2. The zero-order valence-corrected chi connectivity index (χ0v) is 18.7. The van der Waals surface area contributed by atoms with Crippen molar-refractivity contribution in [3.63, 3.8) is 0 Å². The molecule has 2 fully saturated rings. The van der Waals surface area contributed by atoms with Crippen LogP contribution >= 0.6 is 0 Å². The fourth-order valence-corrected chi connectivity index (χ4v) is 5.93. The van der Waals surface area contributed by atoms with E-state index in [9.17, 15) is 4.79 Å². The predicted molar refractivity (Wildman–Crippen MR) is 126 cm³/mol. The Bertz CT molecular complexity index is 1130. The Morgan fingerprint density at radius 2 is 1.97 bits per heavy atom. The zero-order valence-electron chi connectivity index (χ0n) is 18.7. The van der Waals surface area contributed by atoms with E-state index in [0.717, 1.165) is 29.4 Å². The molecule has 2 bridgehead atoms. The van der Waals surface area contributed by atoms with Gasteiger partial charge >= 0.3 is 0 Å². The third kappa shape index (κ3) is 3.19. The van der Waals surface area contributed by atoms with E-state index in [0.29, 0.717) is 17.8 Å². The van der Waals surface area contributed by atoms with E-state index in [1.807, 2.05) is 6.07 Å². The molecule has 1 aromatic heterocycles. The lowest BCUT2D eigenvalue weighted by atomic mass is 9.82. The minimum absolute atomic E-state index is 0.0753. The van der Waals surface area contributed by atoms with Gasteiger partial charge in [-0.2, -0.15) is 5.10 Å². The average Bonchev–Trinajstić information content (AvgIpc) is 3.35. The topological polar surface area (TPSA) is 67.5 Å². The third-order valence-corrected chi connectivity index (χ3v) is 7.75. The SMILES string of the molecule is CN1C2CCCC1CC(NC(=O)c1n[nH]c3ccc(N4C=C5C=CC=CC5N4C)cc13)C2. The third-order valence-electron chi connectivity index (χ3n) is 7.75. The number of hydrogen-bond donors (Lipinski definition) is 2. The number of anilines is 1. The van der Waals surface area contributed by atoms with E-state index < -0.39 is 0 Å². The van der Waals surface area contributed by atoms with Gasteiger partial charge in [-0.1, -0.05) is 30.7 Å². The second-order valence-electron chi connectivity index (χ2n) is 9.58. The number of fused-ring (bicyclic) bond motifs is 4. The van der Waals surface area contributed by atoms with Crippen LogP contribution in [0.2, 0.25) is 0 Å². The molecule has 32 heavy (non-hydrogen) atoms. The molecule has 0 spiro atoms. The van der Waals surface area contributed by atoms with Gasteiger partial charge in [0.2, 0.25) is 0 Å². The molecule has 7 nitrogen and oxygen atoms in total. The van der Waals surface area contributed by atoms with Crippen LogP contribution in [0.25, 0.3) is 10.9 Å². The van der Waals surface area contributed by atoms with Gasteiger partial charge in [0, 0.05) is 36.8 Å². The van der Waals surface area contributed by atoms with Crippen molar-refractivity contribution in [2.24, 2.45) is 0 Å². The summed E-state index contributed by atoms with van der Waals surface area (Å²) in [5, 5.41) is 15.9. The van der Waals surface area contributed by atoms with Crippen LogP contribution in [0.5, 0.6) is 0 Å². The van der Waals surface area contributed by atoms with Crippen molar-refractivity contribution in [3.8, 4) is 0 Å². The molecule has 7 heteroatoms. The predicted octanol–water partition coefficient (Wildman–Crippen LogP) is 3.35. The van der Waals surface area contributed by atoms with Crippen molar-refractivity contribution < 1.29 is 4.79 Å². The lowest BCUT2D eigenvalue weighted by Crippen LogP contribution is -2.55. The van der Waals surface area contributed by atoms with Gasteiger partial charge in [-0.3, -0.25) is 14.9 Å². The fourth-order valence-electron chi connectivity index (χ4n) is 5.93. The van der Waals surface area contributed by atoms with E-state index in [1.165, 1.54) is 24.8 Å². The highest BCUT2D eigenvalue weighted by Gasteiger charge is 2.37. The molecule has 3 aliphatic heterocycles. The van der Waals surface area contributed by atoms with E-state index in [1.54, 1.807) is 0 Å². The molecule has 4 aliphatic rings. The Morgan fingerprint density at radius 3 is 2.75 bits per heavy atom. The lowest BCUT2D eigenvalue weighted by molar-refractivity contribution is 0.0462. The van der Waals surface area contributed by atoms with E-state index in [-0.39, 0.29) is 18.0 Å². The number of rotatable bonds is 3. The lowest BCUT2D eigenvalue weighted by Gasteiger charge is -2.47. The molecule has 2 aromatic rings. The molecule has 2 saturated heterocycles. The maximum absolute atomic E-state index is 13.2. The molecule has 0 saturated carbocycles. The molecule has 2 N–H and O–H groups in total. The first-order valence-electron chi connectivity index (χ1n) is 11.7. The van der Waals surface area contributed by atoms with Gasteiger partial charge in [-0.25, -0.2) is 5.01 Å². The Balaban J connectivity index is 1.25. The van der Waals surface area contributed by atoms with Crippen LogP contribution in [0.1, 0.15) is 42.6 Å². The minimum Gasteiger partial charge on any atom is -0.348 e. The number of piperidine rings is 2. The number of likely N-dealkylation sites (N-methyl/N-ethyl adjacent to an activating group) is 1. The van der Waals surface area contributed by atoms with Crippen molar-refractivity contribution in [2.75, 3.05) is 19.1 Å². The normalized spacial score (nSPS) is 29.9. The number of aromatic nitrogens is 2. The monoisotopic (exact) mass is 430 g/mol. The number of nitrogens with one attached hydrogen (secondary N) is 2. The number of carbonyl (C=O) groups is 1. The molecule has 4 heterocycles. The van der Waals surface area contributed by atoms with Crippen LogP contribution in [-0.4, -0.2) is 64.3 Å². The molecule has 3 unspecified atom stereocenters. The molecular formula is C25H30N6O. The van der Waals surface area contributed by atoms with Crippen LogP contribution in [0, 0.1) is 0 Å². The summed E-state index contributed by atoms with van der Waals surface area (Å²) < 4.78 is 0. The summed E-state index contributed by atoms with van der Waals surface area (Å²) in [5.74, 6) is -0.0753. The summed E-state index contributed by atoms with van der Waals surface area (Å²) in [6.45, 7) is 0. The number of nitrogens with zero attached hydrogens (tertiary/aromatic N) is 4. The first-order chi connectivity index (χ1) is 15.6. The van der Waals surface area contributed by atoms with Gasteiger partial charge in [-0.15, -0.1) is 0 Å². The van der Waals surface area contributed by atoms with E-state index in [4.69, 9.17) is 0 Å². The number of benzene rings is 1. The Hall–Kier alpha value is -2.90. The Kier molecular flexibility index (Phi) is 4.69. The van der Waals surface area contributed by atoms with Gasteiger partial charge in [0.25, 0.3) is 5.91 Å².